The van der Waals surface area contributed by atoms with Crippen LogP contribution in [-0.4, -0.2) is 29.9 Å². The Morgan fingerprint density at radius 2 is 1.36 bits per heavy atom. The lowest BCUT2D eigenvalue weighted by molar-refractivity contribution is -0.141. The highest BCUT2D eigenvalue weighted by Crippen LogP contribution is 2.19. The maximum absolute atomic E-state index is 13.8. The predicted octanol–water partition coefficient (Wildman–Crippen LogP) is 6.24. The van der Waals surface area contributed by atoms with Gasteiger partial charge in [0.25, 0.3) is 0 Å². The molecule has 0 aliphatic rings. The quantitative estimate of drug-likeness (QED) is 0.231. The number of ether oxygens (including phenoxy) is 1. The van der Waals surface area contributed by atoms with Crippen molar-refractivity contribution in [1.82, 2.24) is 10.2 Å². The normalized spacial score (nSPS) is 11.4. The molecular weight excluding hydrogens is 508 g/mol. The second-order valence-corrected chi connectivity index (χ2v) is 9.84. The van der Waals surface area contributed by atoms with E-state index in [0.29, 0.717) is 37.4 Å². The van der Waals surface area contributed by atoms with Crippen LogP contribution < -0.4 is 10.1 Å². The van der Waals surface area contributed by atoms with Gasteiger partial charge in [0.2, 0.25) is 11.8 Å². The Hall–Kier alpha value is -4.09. The van der Waals surface area contributed by atoms with Gasteiger partial charge < -0.3 is 15.0 Å². The zero-order valence-electron chi connectivity index (χ0n) is 22.1. The summed E-state index contributed by atoms with van der Waals surface area (Å²) in [6, 6.07) is 34.0. The SMILES string of the molecule is COc1ccc(CNC(=O)[C@H](Cc2ccccc2)N(Cc2ccc(Cl)cc2)C(=O)CCc2ccccc2)cc1. The molecule has 0 saturated heterocycles. The number of methoxy groups -OCH3 is 1. The van der Waals surface area contributed by atoms with Crippen molar-refractivity contribution >= 4 is 23.4 Å². The summed E-state index contributed by atoms with van der Waals surface area (Å²) in [4.78, 5) is 29.2. The second kappa shape index (κ2) is 14.2. The molecule has 0 heterocycles. The molecule has 2 amide bonds. The Bertz CT molecular complexity index is 1330. The van der Waals surface area contributed by atoms with Gasteiger partial charge in [-0.2, -0.15) is 0 Å². The van der Waals surface area contributed by atoms with Gasteiger partial charge in [0.15, 0.2) is 0 Å². The molecule has 0 aromatic heterocycles. The van der Waals surface area contributed by atoms with Crippen LogP contribution in [0.25, 0.3) is 0 Å². The third-order valence-corrected chi connectivity index (χ3v) is 6.89. The molecular formula is C33H33ClN2O3. The van der Waals surface area contributed by atoms with Gasteiger partial charge in [-0.1, -0.05) is 96.5 Å². The first-order valence-corrected chi connectivity index (χ1v) is 13.4. The molecule has 200 valence electrons. The highest BCUT2D eigenvalue weighted by molar-refractivity contribution is 6.30. The minimum atomic E-state index is -0.690. The maximum Gasteiger partial charge on any atom is 0.243 e. The monoisotopic (exact) mass is 540 g/mol. The lowest BCUT2D eigenvalue weighted by Gasteiger charge is -2.32. The van der Waals surface area contributed by atoms with Crippen LogP contribution in [0.15, 0.2) is 109 Å². The molecule has 39 heavy (non-hydrogen) atoms. The summed E-state index contributed by atoms with van der Waals surface area (Å²) in [5, 5.41) is 3.69. The number of nitrogens with one attached hydrogen (secondary N) is 1. The van der Waals surface area contributed by atoms with Gasteiger partial charge in [0.05, 0.1) is 7.11 Å². The Balaban J connectivity index is 1.59. The molecule has 0 saturated carbocycles. The molecule has 1 atom stereocenters. The predicted molar refractivity (Wildman–Crippen MR) is 156 cm³/mol. The first kappa shape index (κ1) is 27.9. The van der Waals surface area contributed by atoms with Crippen LogP contribution in [0.3, 0.4) is 0 Å². The van der Waals surface area contributed by atoms with E-state index in [1.54, 1.807) is 24.1 Å². The summed E-state index contributed by atoms with van der Waals surface area (Å²) in [6.45, 7) is 0.652. The number of amides is 2. The number of carbonyl (C=O) groups excluding carboxylic acids is 2. The standard InChI is InChI=1S/C33H33ClN2O3/c1-39-30-19-14-27(15-20-30)23-35-33(38)31(22-26-10-6-3-7-11-26)36(24-28-12-17-29(34)18-13-28)32(37)21-16-25-8-4-2-5-9-25/h2-15,17-20,31H,16,21-24H2,1H3,(H,35,38)/t31-/m0/s1. The van der Waals surface area contributed by atoms with E-state index < -0.39 is 6.04 Å². The van der Waals surface area contributed by atoms with E-state index in [1.165, 1.54) is 0 Å². The van der Waals surface area contributed by atoms with Crippen molar-refractivity contribution in [2.24, 2.45) is 0 Å². The summed E-state index contributed by atoms with van der Waals surface area (Å²) in [5.74, 6) is 0.483. The minimum absolute atomic E-state index is 0.0747. The van der Waals surface area contributed by atoms with E-state index in [1.807, 2.05) is 97.1 Å². The van der Waals surface area contributed by atoms with Crippen molar-refractivity contribution in [3.05, 3.63) is 136 Å². The van der Waals surface area contributed by atoms with Crippen LogP contribution in [-0.2, 0) is 35.5 Å². The third-order valence-electron chi connectivity index (χ3n) is 6.63. The number of carbonyl (C=O) groups is 2. The Morgan fingerprint density at radius 1 is 0.769 bits per heavy atom. The van der Waals surface area contributed by atoms with Gasteiger partial charge in [-0.25, -0.2) is 0 Å². The average Bonchev–Trinajstić information content (AvgIpc) is 2.98. The number of aryl methyl sites for hydroxylation is 1. The van der Waals surface area contributed by atoms with Crippen LogP contribution >= 0.6 is 11.6 Å². The molecule has 4 aromatic carbocycles. The number of halogens is 1. The molecule has 0 radical (unpaired) electrons. The fourth-order valence-electron chi connectivity index (χ4n) is 4.43. The lowest BCUT2D eigenvalue weighted by atomic mass is 10.0. The van der Waals surface area contributed by atoms with Crippen molar-refractivity contribution in [2.75, 3.05) is 7.11 Å². The molecule has 5 nitrogen and oxygen atoms in total. The van der Waals surface area contributed by atoms with E-state index in [-0.39, 0.29) is 11.8 Å². The third kappa shape index (κ3) is 8.45. The van der Waals surface area contributed by atoms with Gasteiger partial charge in [-0.05, 0) is 52.9 Å². The fraction of sp³-hybridized carbons (Fsp3) is 0.212. The van der Waals surface area contributed by atoms with E-state index >= 15 is 0 Å². The first-order valence-electron chi connectivity index (χ1n) is 13.0. The summed E-state index contributed by atoms with van der Waals surface area (Å²) in [5.41, 5.74) is 3.93. The molecule has 4 rings (SSSR count). The largest absolute Gasteiger partial charge is 0.497 e. The molecule has 6 heteroatoms. The highest BCUT2D eigenvalue weighted by atomic mass is 35.5. The van der Waals surface area contributed by atoms with Gasteiger partial charge in [0, 0.05) is 31.0 Å². The van der Waals surface area contributed by atoms with E-state index in [0.717, 1.165) is 28.0 Å². The van der Waals surface area contributed by atoms with E-state index in [9.17, 15) is 9.59 Å². The molecule has 0 fully saturated rings. The van der Waals surface area contributed by atoms with Gasteiger partial charge in [-0.3, -0.25) is 9.59 Å². The van der Waals surface area contributed by atoms with Crippen LogP contribution in [0.1, 0.15) is 28.7 Å². The van der Waals surface area contributed by atoms with Crippen molar-refractivity contribution in [3.63, 3.8) is 0 Å². The van der Waals surface area contributed by atoms with Gasteiger partial charge >= 0.3 is 0 Å². The zero-order chi connectivity index (χ0) is 27.5. The fourth-order valence-corrected chi connectivity index (χ4v) is 4.56. The Kier molecular flexibility index (Phi) is 10.1. The number of hydrogen-bond donors (Lipinski definition) is 1. The number of rotatable bonds is 12. The van der Waals surface area contributed by atoms with Crippen molar-refractivity contribution < 1.29 is 14.3 Å². The summed E-state index contributed by atoms with van der Waals surface area (Å²) >= 11 is 6.11. The lowest BCUT2D eigenvalue weighted by Crippen LogP contribution is -2.50. The van der Waals surface area contributed by atoms with E-state index in [2.05, 4.69) is 5.32 Å². The summed E-state index contributed by atoms with van der Waals surface area (Å²) in [7, 11) is 1.62. The van der Waals surface area contributed by atoms with Crippen molar-refractivity contribution in [2.45, 2.75) is 38.4 Å². The topological polar surface area (TPSA) is 58.6 Å². The molecule has 0 spiro atoms. The Labute approximate surface area is 235 Å². The van der Waals surface area contributed by atoms with Crippen LogP contribution in [0.4, 0.5) is 0 Å². The number of hydrogen-bond acceptors (Lipinski definition) is 3. The van der Waals surface area contributed by atoms with Gasteiger partial charge in [0.1, 0.15) is 11.8 Å². The number of nitrogens with zero attached hydrogens (tertiary/aromatic N) is 1. The van der Waals surface area contributed by atoms with Gasteiger partial charge in [-0.15, -0.1) is 0 Å². The van der Waals surface area contributed by atoms with Crippen molar-refractivity contribution in [1.29, 1.82) is 0 Å². The van der Waals surface area contributed by atoms with E-state index in [4.69, 9.17) is 16.3 Å². The smallest absolute Gasteiger partial charge is 0.243 e. The zero-order valence-corrected chi connectivity index (χ0v) is 22.8. The summed E-state index contributed by atoms with van der Waals surface area (Å²) in [6.07, 6.45) is 1.30. The van der Waals surface area contributed by atoms with Crippen LogP contribution in [0.2, 0.25) is 5.02 Å². The highest BCUT2D eigenvalue weighted by Gasteiger charge is 2.30. The summed E-state index contributed by atoms with van der Waals surface area (Å²) < 4.78 is 5.24. The molecule has 0 unspecified atom stereocenters. The second-order valence-electron chi connectivity index (χ2n) is 9.41. The average molecular weight is 541 g/mol. The van der Waals surface area contributed by atoms with Crippen LogP contribution in [0.5, 0.6) is 5.75 Å². The number of benzene rings is 4. The first-order chi connectivity index (χ1) is 19.0. The molecule has 1 N–H and O–H groups in total. The van der Waals surface area contributed by atoms with Crippen LogP contribution in [0, 0.1) is 0 Å². The molecule has 0 aliphatic carbocycles. The Morgan fingerprint density at radius 3 is 1.97 bits per heavy atom. The molecule has 0 aliphatic heterocycles. The van der Waals surface area contributed by atoms with Crippen molar-refractivity contribution in [3.8, 4) is 5.75 Å². The molecule has 0 bridgehead atoms. The minimum Gasteiger partial charge on any atom is -0.497 e. The molecule has 4 aromatic rings. The maximum atomic E-state index is 13.8.